The molecule has 2 heterocycles. The second-order valence-electron chi connectivity index (χ2n) is 6.69. The predicted molar refractivity (Wildman–Crippen MR) is 95.0 cm³/mol. The van der Waals surface area contributed by atoms with E-state index < -0.39 is 10.0 Å². The van der Waals surface area contributed by atoms with Crippen LogP contribution < -0.4 is 5.32 Å². The first kappa shape index (κ1) is 18.4. The molecule has 0 spiro atoms. The summed E-state index contributed by atoms with van der Waals surface area (Å²) in [5, 5.41) is 2.84. The molecule has 0 radical (unpaired) electrons. The van der Waals surface area contributed by atoms with Crippen molar-refractivity contribution in [2.45, 2.75) is 49.5 Å². The van der Waals surface area contributed by atoms with Crippen molar-refractivity contribution in [1.82, 2.24) is 9.62 Å². The summed E-state index contributed by atoms with van der Waals surface area (Å²) in [4.78, 5) is 12.5. The highest BCUT2D eigenvalue weighted by atomic mass is 32.2. The van der Waals surface area contributed by atoms with Crippen molar-refractivity contribution < 1.29 is 17.9 Å². The second-order valence-corrected chi connectivity index (χ2v) is 8.63. The third-order valence-corrected chi connectivity index (χ3v) is 6.71. The SMILES string of the molecule is O=C(NCC1CCCO1)c1cccc(S(=O)(=O)N2CCCCCC2)c1. The molecule has 2 fully saturated rings. The summed E-state index contributed by atoms with van der Waals surface area (Å²) in [7, 11) is -3.54. The van der Waals surface area contributed by atoms with Crippen LogP contribution in [0.15, 0.2) is 29.2 Å². The normalized spacial score (nSPS) is 22.5. The second kappa shape index (κ2) is 8.29. The fourth-order valence-corrected chi connectivity index (χ4v) is 4.91. The summed E-state index contributed by atoms with van der Waals surface area (Å²) in [6.07, 6.45) is 5.94. The molecular weight excluding hydrogens is 340 g/mol. The Hall–Kier alpha value is -1.44. The number of carbonyl (C=O) groups is 1. The van der Waals surface area contributed by atoms with Crippen LogP contribution in [0.5, 0.6) is 0 Å². The van der Waals surface area contributed by atoms with Gasteiger partial charge in [0.1, 0.15) is 0 Å². The number of sulfonamides is 1. The molecule has 2 aliphatic rings. The van der Waals surface area contributed by atoms with E-state index >= 15 is 0 Å². The molecule has 0 bridgehead atoms. The number of ether oxygens (including phenoxy) is 1. The maximum absolute atomic E-state index is 12.9. The number of nitrogens with zero attached hydrogens (tertiary/aromatic N) is 1. The highest BCUT2D eigenvalue weighted by Crippen LogP contribution is 2.21. The largest absolute Gasteiger partial charge is 0.376 e. The summed E-state index contributed by atoms with van der Waals surface area (Å²) >= 11 is 0. The van der Waals surface area contributed by atoms with Crippen LogP contribution in [0.25, 0.3) is 0 Å². The minimum Gasteiger partial charge on any atom is -0.376 e. The number of carbonyl (C=O) groups excluding carboxylic acids is 1. The summed E-state index contributed by atoms with van der Waals surface area (Å²) < 4.78 is 32.7. The fraction of sp³-hybridized carbons (Fsp3) is 0.611. The molecule has 2 saturated heterocycles. The van der Waals surface area contributed by atoms with Crippen molar-refractivity contribution in [3.05, 3.63) is 29.8 Å². The topological polar surface area (TPSA) is 75.7 Å². The van der Waals surface area contributed by atoms with E-state index in [2.05, 4.69) is 5.32 Å². The van der Waals surface area contributed by atoms with Gasteiger partial charge in [0.2, 0.25) is 10.0 Å². The summed E-state index contributed by atoms with van der Waals surface area (Å²) in [6.45, 7) is 2.31. The minimum absolute atomic E-state index is 0.0629. The zero-order valence-electron chi connectivity index (χ0n) is 14.4. The summed E-state index contributed by atoms with van der Waals surface area (Å²) in [5.74, 6) is -0.261. The van der Waals surface area contributed by atoms with Gasteiger partial charge in [0.15, 0.2) is 0 Å². The maximum Gasteiger partial charge on any atom is 0.251 e. The molecule has 3 rings (SSSR count). The number of amides is 1. The number of hydrogen-bond acceptors (Lipinski definition) is 4. The Morgan fingerprint density at radius 3 is 2.60 bits per heavy atom. The lowest BCUT2D eigenvalue weighted by Crippen LogP contribution is -2.33. The highest BCUT2D eigenvalue weighted by molar-refractivity contribution is 7.89. The van der Waals surface area contributed by atoms with Gasteiger partial charge in [-0.05, 0) is 43.9 Å². The van der Waals surface area contributed by atoms with Crippen molar-refractivity contribution in [3.8, 4) is 0 Å². The number of hydrogen-bond donors (Lipinski definition) is 1. The molecule has 0 aromatic heterocycles. The standard InChI is InChI=1S/C18H26N2O4S/c21-18(19-14-16-8-6-12-24-16)15-7-5-9-17(13-15)25(22,23)20-10-3-1-2-4-11-20/h5,7,9,13,16H,1-4,6,8,10-12,14H2,(H,19,21). The van der Waals surface area contributed by atoms with Crippen molar-refractivity contribution in [2.75, 3.05) is 26.2 Å². The average Bonchev–Trinajstić information content (AvgIpc) is 2.99. The molecule has 1 aromatic carbocycles. The smallest absolute Gasteiger partial charge is 0.251 e. The Morgan fingerprint density at radius 1 is 1.16 bits per heavy atom. The molecule has 138 valence electrons. The maximum atomic E-state index is 12.9. The quantitative estimate of drug-likeness (QED) is 0.866. The van der Waals surface area contributed by atoms with Crippen LogP contribution in [0.4, 0.5) is 0 Å². The molecule has 25 heavy (non-hydrogen) atoms. The van der Waals surface area contributed by atoms with Gasteiger partial charge in [-0.15, -0.1) is 0 Å². The molecule has 1 N–H and O–H groups in total. The predicted octanol–water partition coefficient (Wildman–Crippen LogP) is 2.16. The van der Waals surface area contributed by atoms with E-state index in [4.69, 9.17) is 4.74 Å². The van der Waals surface area contributed by atoms with Crippen LogP contribution in [0.1, 0.15) is 48.9 Å². The number of rotatable bonds is 5. The van der Waals surface area contributed by atoms with Crippen LogP contribution in [0.3, 0.4) is 0 Å². The van der Waals surface area contributed by atoms with Gasteiger partial charge in [-0.25, -0.2) is 8.42 Å². The van der Waals surface area contributed by atoms with E-state index in [0.29, 0.717) is 25.2 Å². The summed E-state index contributed by atoms with van der Waals surface area (Å²) in [5.41, 5.74) is 0.369. The third kappa shape index (κ3) is 4.59. The van der Waals surface area contributed by atoms with Crippen LogP contribution in [-0.2, 0) is 14.8 Å². The zero-order valence-corrected chi connectivity index (χ0v) is 15.3. The molecule has 2 aliphatic heterocycles. The van der Waals surface area contributed by atoms with Gasteiger partial charge in [0.05, 0.1) is 11.0 Å². The van der Waals surface area contributed by atoms with Crippen molar-refractivity contribution in [2.24, 2.45) is 0 Å². The van der Waals surface area contributed by atoms with E-state index in [9.17, 15) is 13.2 Å². The molecule has 1 amide bonds. The summed E-state index contributed by atoms with van der Waals surface area (Å²) in [6, 6.07) is 6.32. The third-order valence-electron chi connectivity index (χ3n) is 4.81. The lowest BCUT2D eigenvalue weighted by atomic mass is 10.2. The first-order chi connectivity index (χ1) is 12.1. The van der Waals surface area contributed by atoms with Gasteiger partial charge in [0.25, 0.3) is 5.91 Å². The fourth-order valence-electron chi connectivity index (χ4n) is 3.34. The van der Waals surface area contributed by atoms with Gasteiger partial charge in [-0.1, -0.05) is 18.9 Å². The van der Waals surface area contributed by atoms with E-state index in [-0.39, 0.29) is 16.9 Å². The molecule has 0 saturated carbocycles. The lowest BCUT2D eigenvalue weighted by Gasteiger charge is -2.20. The van der Waals surface area contributed by atoms with Crippen molar-refractivity contribution >= 4 is 15.9 Å². The molecule has 7 heteroatoms. The highest BCUT2D eigenvalue weighted by Gasteiger charge is 2.26. The Balaban J connectivity index is 1.70. The molecule has 1 aromatic rings. The molecular formula is C18H26N2O4S. The first-order valence-electron chi connectivity index (χ1n) is 9.07. The van der Waals surface area contributed by atoms with Gasteiger partial charge in [0, 0.05) is 31.8 Å². The van der Waals surface area contributed by atoms with Gasteiger partial charge in [-0.3, -0.25) is 4.79 Å². The zero-order chi connectivity index (χ0) is 17.7. The average molecular weight is 366 g/mol. The lowest BCUT2D eigenvalue weighted by molar-refractivity contribution is 0.0857. The Labute approximate surface area is 149 Å². The van der Waals surface area contributed by atoms with E-state index in [0.717, 1.165) is 45.1 Å². The minimum atomic E-state index is -3.54. The van der Waals surface area contributed by atoms with Gasteiger partial charge < -0.3 is 10.1 Å². The number of nitrogens with one attached hydrogen (secondary N) is 1. The van der Waals surface area contributed by atoms with Crippen molar-refractivity contribution in [1.29, 1.82) is 0 Å². The molecule has 6 nitrogen and oxygen atoms in total. The van der Waals surface area contributed by atoms with Crippen LogP contribution >= 0.6 is 0 Å². The van der Waals surface area contributed by atoms with Crippen LogP contribution in [-0.4, -0.2) is 51.0 Å². The molecule has 1 unspecified atom stereocenters. The van der Waals surface area contributed by atoms with Crippen molar-refractivity contribution in [3.63, 3.8) is 0 Å². The van der Waals surface area contributed by atoms with E-state index in [1.54, 1.807) is 22.5 Å². The van der Waals surface area contributed by atoms with Crippen LogP contribution in [0, 0.1) is 0 Å². The Bertz CT molecular complexity index is 691. The molecule has 1 atom stereocenters. The Morgan fingerprint density at radius 2 is 1.92 bits per heavy atom. The van der Waals surface area contributed by atoms with Gasteiger partial charge in [-0.2, -0.15) is 4.31 Å². The number of benzene rings is 1. The monoisotopic (exact) mass is 366 g/mol. The van der Waals surface area contributed by atoms with E-state index in [1.165, 1.54) is 6.07 Å². The molecule has 0 aliphatic carbocycles. The first-order valence-corrected chi connectivity index (χ1v) is 10.5. The van der Waals surface area contributed by atoms with E-state index in [1.807, 2.05) is 0 Å². The Kier molecular flexibility index (Phi) is 6.09. The van der Waals surface area contributed by atoms with Gasteiger partial charge >= 0.3 is 0 Å². The van der Waals surface area contributed by atoms with Crippen LogP contribution in [0.2, 0.25) is 0 Å².